The number of hydrogen-bond acceptors (Lipinski definition) is 3. The van der Waals surface area contributed by atoms with Crippen LogP contribution in [0.15, 0.2) is 60.7 Å². The summed E-state index contributed by atoms with van der Waals surface area (Å²) in [5, 5.41) is 4.95. The van der Waals surface area contributed by atoms with E-state index in [1.54, 1.807) is 6.92 Å². The summed E-state index contributed by atoms with van der Waals surface area (Å²) in [5.41, 5.74) is 2.32. The second kappa shape index (κ2) is 8.58. The molecule has 4 nitrogen and oxygen atoms in total. The Morgan fingerprint density at radius 2 is 1.70 bits per heavy atom. The molecule has 0 radical (unpaired) electrons. The van der Waals surface area contributed by atoms with Crippen LogP contribution in [0, 0.1) is 13.8 Å². The van der Waals surface area contributed by atoms with E-state index in [1.807, 2.05) is 68.4 Å². The van der Waals surface area contributed by atoms with E-state index in [2.05, 4.69) is 11.4 Å². The fraction of sp³-hybridized carbons (Fsp3) is 0.261. The van der Waals surface area contributed by atoms with Crippen molar-refractivity contribution in [2.75, 3.05) is 13.2 Å². The van der Waals surface area contributed by atoms with Gasteiger partial charge in [-0.2, -0.15) is 0 Å². The van der Waals surface area contributed by atoms with Crippen LogP contribution in [0.2, 0.25) is 0 Å². The fourth-order valence-corrected chi connectivity index (χ4v) is 3.05. The zero-order valence-corrected chi connectivity index (χ0v) is 16.0. The van der Waals surface area contributed by atoms with Gasteiger partial charge in [0, 0.05) is 5.39 Å². The summed E-state index contributed by atoms with van der Waals surface area (Å²) < 4.78 is 11.6. The molecule has 0 aliphatic heterocycles. The van der Waals surface area contributed by atoms with E-state index in [4.69, 9.17) is 9.47 Å². The molecule has 0 saturated heterocycles. The first-order valence-corrected chi connectivity index (χ1v) is 9.16. The molecule has 3 aromatic carbocycles. The van der Waals surface area contributed by atoms with Gasteiger partial charge in [-0.05, 0) is 55.5 Å². The zero-order chi connectivity index (χ0) is 19.2. The van der Waals surface area contributed by atoms with Gasteiger partial charge < -0.3 is 14.8 Å². The van der Waals surface area contributed by atoms with Crippen LogP contribution in [0.25, 0.3) is 10.8 Å². The topological polar surface area (TPSA) is 47.6 Å². The van der Waals surface area contributed by atoms with Gasteiger partial charge >= 0.3 is 0 Å². The standard InChI is InChI=1S/C23H25NO3/c1-16-13-17(2)15-20(14-16)26-12-11-24-23(25)18(3)27-22-10-6-8-19-7-4-5-9-21(19)22/h4-10,13-15,18H,11-12H2,1-3H3,(H,24,25)/t18-/m0/s1. The maximum absolute atomic E-state index is 12.3. The number of benzene rings is 3. The average molecular weight is 363 g/mol. The first-order chi connectivity index (χ1) is 13.0. The summed E-state index contributed by atoms with van der Waals surface area (Å²) in [7, 11) is 0. The molecular weight excluding hydrogens is 338 g/mol. The number of nitrogens with one attached hydrogen (secondary N) is 1. The molecule has 4 heteroatoms. The Bertz CT molecular complexity index is 910. The summed E-state index contributed by atoms with van der Waals surface area (Å²) >= 11 is 0. The molecule has 0 heterocycles. The second-order valence-corrected chi connectivity index (χ2v) is 6.70. The molecule has 1 amide bonds. The van der Waals surface area contributed by atoms with E-state index >= 15 is 0 Å². The van der Waals surface area contributed by atoms with Crippen molar-refractivity contribution in [3.8, 4) is 11.5 Å². The fourth-order valence-electron chi connectivity index (χ4n) is 3.05. The van der Waals surface area contributed by atoms with Crippen molar-refractivity contribution in [2.24, 2.45) is 0 Å². The Kier molecular flexibility index (Phi) is 5.97. The molecule has 0 saturated carbocycles. The second-order valence-electron chi connectivity index (χ2n) is 6.70. The molecule has 0 bridgehead atoms. The quantitative estimate of drug-likeness (QED) is 0.632. The van der Waals surface area contributed by atoms with E-state index in [-0.39, 0.29) is 5.91 Å². The molecule has 0 aliphatic rings. The Hall–Kier alpha value is -3.01. The number of carbonyl (C=O) groups is 1. The van der Waals surface area contributed by atoms with Crippen LogP contribution in [-0.4, -0.2) is 25.2 Å². The normalized spacial score (nSPS) is 11.8. The van der Waals surface area contributed by atoms with Gasteiger partial charge in [0.2, 0.25) is 0 Å². The van der Waals surface area contributed by atoms with Crippen molar-refractivity contribution in [1.82, 2.24) is 5.32 Å². The lowest BCUT2D eigenvalue weighted by molar-refractivity contribution is -0.127. The first kappa shape index (κ1) is 18.8. The molecular formula is C23H25NO3. The van der Waals surface area contributed by atoms with E-state index in [0.29, 0.717) is 18.9 Å². The molecule has 0 aromatic heterocycles. The SMILES string of the molecule is Cc1cc(C)cc(OCCNC(=O)[C@H](C)Oc2cccc3ccccc23)c1. The molecule has 27 heavy (non-hydrogen) atoms. The van der Waals surface area contributed by atoms with Crippen LogP contribution >= 0.6 is 0 Å². The van der Waals surface area contributed by atoms with Gasteiger partial charge in [0.05, 0.1) is 6.54 Å². The Balaban J connectivity index is 1.50. The molecule has 3 rings (SSSR count). The number of hydrogen-bond donors (Lipinski definition) is 1. The van der Waals surface area contributed by atoms with Crippen molar-refractivity contribution < 1.29 is 14.3 Å². The molecule has 1 N–H and O–H groups in total. The summed E-state index contributed by atoms with van der Waals surface area (Å²) in [6.45, 7) is 6.66. The third kappa shape index (κ3) is 5.00. The lowest BCUT2D eigenvalue weighted by Crippen LogP contribution is -2.38. The minimum Gasteiger partial charge on any atom is -0.492 e. The van der Waals surface area contributed by atoms with Crippen molar-refractivity contribution in [3.05, 3.63) is 71.8 Å². The highest BCUT2D eigenvalue weighted by atomic mass is 16.5. The van der Waals surface area contributed by atoms with Gasteiger partial charge in [-0.15, -0.1) is 0 Å². The zero-order valence-electron chi connectivity index (χ0n) is 16.0. The maximum Gasteiger partial charge on any atom is 0.260 e. The molecule has 0 unspecified atom stereocenters. The molecule has 0 aliphatic carbocycles. The van der Waals surface area contributed by atoms with E-state index in [0.717, 1.165) is 27.6 Å². The van der Waals surface area contributed by atoms with E-state index < -0.39 is 6.10 Å². The minimum atomic E-state index is -0.586. The van der Waals surface area contributed by atoms with Crippen LogP contribution in [0.1, 0.15) is 18.1 Å². The largest absolute Gasteiger partial charge is 0.492 e. The monoisotopic (exact) mass is 363 g/mol. The van der Waals surface area contributed by atoms with Gasteiger partial charge in [-0.25, -0.2) is 0 Å². The predicted molar refractivity (Wildman–Crippen MR) is 108 cm³/mol. The van der Waals surface area contributed by atoms with Gasteiger partial charge in [-0.3, -0.25) is 4.79 Å². The minimum absolute atomic E-state index is 0.160. The van der Waals surface area contributed by atoms with Crippen molar-refractivity contribution >= 4 is 16.7 Å². The lowest BCUT2D eigenvalue weighted by atomic mass is 10.1. The summed E-state index contributed by atoms with van der Waals surface area (Å²) in [6.07, 6.45) is -0.586. The highest BCUT2D eigenvalue weighted by Crippen LogP contribution is 2.26. The Labute approximate surface area is 160 Å². The third-order valence-electron chi connectivity index (χ3n) is 4.29. The van der Waals surface area contributed by atoms with Crippen LogP contribution in [0.3, 0.4) is 0 Å². The van der Waals surface area contributed by atoms with Gasteiger partial charge in [-0.1, -0.05) is 42.5 Å². The van der Waals surface area contributed by atoms with Crippen LogP contribution in [0.4, 0.5) is 0 Å². The van der Waals surface area contributed by atoms with Crippen molar-refractivity contribution in [3.63, 3.8) is 0 Å². The summed E-state index contributed by atoms with van der Waals surface area (Å²) in [4.78, 5) is 12.3. The van der Waals surface area contributed by atoms with Crippen molar-refractivity contribution in [1.29, 1.82) is 0 Å². The summed E-state index contributed by atoms with van der Waals surface area (Å²) in [5.74, 6) is 1.37. The Morgan fingerprint density at radius 1 is 1.00 bits per heavy atom. The third-order valence-corrected chi connectivity index (χ3v) is 4.29. The Morgan fingerprint density at radius 3 is 2.48 bits per heavy atom. The number of fused-ring (bicyclic) bond motifs is 1. The van der Waals surface area contributed by atoms with Crippen molar-refractivity contribution in [2.45, 2.75) is 26.9 Å². The molecule has 1 atom stereocenters. The van der Waals surface area contributed by atoms with Crippen LogP contribution in [0.5, 0.6) is 11.5 Å². The predicted octanol–water partition coefficient (Wildman–Crippen LogP) is 4.42. The number of ether oxygens (including phenoxy) is 2. The molecule has 3 aromatic rings. The highest BCUT2D eigenvalue weighted by Gasteiger charge is 2.15. The van der Waals surface area contributed by atoms with Gasteiger partial charge in [0.1, 0.15) is 18.1 Å². The highest BCUT2D eigenvalue weighted by molar-refractivity contribution is 5.89. The van der Waals surface area contributed by atoms with Gasteiger partial charge in [0.25, 0.3) is 5.91 Å². The summed E-state index contributed by atoms with van der Waals surface area (Å²) in [6, 6.07) is 19.9. The first-order valence-electron chi connectivity index (χ1n) is 9.16. The van der Waals surface area contributed by atoms with E-state index in [9.17, 15) is 4.79 Å². The van der Waals surface area contributed by atoms with Crippen LogP contribution < -0.4 is 14.8 Å². The van der Waals surface area contributed by atoms with Crippen LogP contribution in [-0.2, 0) is 4.79 Å². The number of carbonyl (C=O) groups excluding carboxylic acids is 1. The van der Waals surface area contributed by atoms with Gasteiger partial charge in [0.15, 0.2) is 6.10 Å². The lowest BCUT2D eigenvalue weighted by Gasteiger charge is -2.16. The average Bonchev–Trinajstić information content (AvgIpc) is 2.64. The molecule has 0 spiro atoms. The smallest absolute Gasteiger partial charge is 0.260 e. The molecule has 140 valence electrons. The number of aryl methyl sites for hydroxylation is 2. The molecule has 0 fully saturated rings. The number of rotatable bonds is 7. The number of amides is 1. The maximum atomic E-state index is 12.3. The van der Waals surface area contributed by atoms with E-state index in [1.165, 1.54) is 0 Å².